The molecule has 0 saturated carbocycles. The average molecular weight is 375 g/mol. The summed E-state index contributed by atoms with van der Waals surface area (Å²) in [7, 11) is 0. The zero-order valence-electron chi connectivity index (χ0n) is 14.7. The summed E-state index contributed by atoms with van der Waals surface area (Å²) in [5, 5.41) is 3.51. The number of rotatable bonds is 6. The van der Waals surface area contributed by atoms with Crippen molar-refractivity contribution >= 4 is 29.7 Å². The van der Waals surface area contributed by atoms with Crippen LogP contribution in [-0.4, -0.2) is 18.0 Å². The Balaban J connectivity index is 1.56. The molecule has 27 heavy (non-hydrogen) atoms. The fourth-order valence-electron chi connectivity index (χ4n) is 2.25. The first-order chi connectivity index (χ1) is 13.1. The minimum atomic E-state index is -0.603. The van der Waals surface area contributed by atoms with Gasteiger partial charge in [0.25, 0.3) is 0 Å². The van der Waals surface area contributed by atoms with E-state index in [1.54, 1.807) is 48.2 Å². The third-order valence-electron chi connectivity index (χ3n) is 3.71. The molecular formula is C22H17NO3S. The number of hydrogen-bond donors (Lipinski definition) is 0. The Morgan fingerprint density at radius 1 is 0.815 bits per heavy atom. The highest BCUT2D eigenvalue weighted by molar-refractivity contribution is 7.99. The molecule has 134 valence electrons. The highest BCUT2D eigenvalue weighted by Gasteiger charge is 2.07. The fraction of sp³-hybridized carbons (Fsp3) is 0.0455. The summed E-state index contributed by atoms with van der Waals surface area (Å²) in [5.41, 5.74) is 1.90. The van der Waals surface area contributed by atoms with Gasteiger partial charge in [-0.3, -0.25) is 4.79 Å². The Hall–Kier alpha value is -3.18. The second-order valence-corrected chi connectivity index (χ2v) is 6.93. The van der Waals surface area contributed by atoms with Crippen LogP contribution in [-0.2, 0) is 4.84 Å². The van der Waals surface area contributed by atoms with Crippen molar-refractivity contribution in [1.82, 2.24) is 0 Å². The number of hydrogen-bond acceptors (Lipinski definition) is 5. The number of nitrogens with zero attached hydrogens (tertiary/aromatic N) is 1. The largest absolute Gasteiger partial charge is 0.365 e. The molecule has 0 atom stereocenters. The van der Waals surface area contributed by atoms with Crippen molar-refractivity contribution in [3.63, 3.8) is 0 Å². The Labute approximate surface area is 161 Å². The van der Waals surface area contributed by atoms with Gasteiger partial charge in [0.2, 0.25) is 5.78 Å². The first kappa shape index (κ1) is 18.6. The van der Waals surface area contributed by atoms with Crippen molar-refractivity contribution in [2.24, 2.45) is 5.16 Å². The van der Waals surface area contributed by atoms with E-state index < -0.39 is 5.97 Å². The van der Waals surface area contributed by atoms with E-state index in [0.29, 0.717) is 11.1 Å². The van der Waals surface area contributed by atoms with E-state index in [1.807, 2.05) is 49.4 Å². The van der Waals surface area contributed by atoms with Gasteiger partial charge in [-0.2, -0.15) is 0 Å². The van der Waals surface area contributed by atoms with E-state index in [4.69, 9.17) is 4.84 Å². The van der Waals surface area contributed by atoms with Crippen LogP contribution in [0.4, 0.5) is 0 Å². The summed E-state index contributed by atoms with van der Waals surface area (Å²) in [6.07, 6.45) is 1.01. The van der Waals surface area contributed by atoms with Crippen molar-refractivity contribution in [2.75, 3.05) is 0 Å². The molecule has 0 N–H and O–H groups in total. The van der Waals surface area contributed by atoms with E-state index in [1.165, 1.54) is 0 Å². The van der Waals surface area contributed by atoms with Gasteiger partial charge >= 0.3 is 5.97 Å². The molecule has 3 aromatic carbocycles. The molecule has 0 aliphatic carbocycles. The lowest BCUT2D eigenvalue weighted by atomic mass is 10.1. The Kier molecular flexibility index (Phi) is 6.18. The van der Waals surface area contributed by atoms with E-state index >= 15 is 0 Å². The van der Waals surface area contributed by atoms with Crippen LogP contribution < -0.4 is 0 Å². The minimum Gasteiger partial charge on any atom is -0.313 e. The van der Waals surface area contributed by atoms with Crippen LogP contribution in [0.1, 0.15) is 26.3 Å². The number of benzene rings is 3. The predicted molar refractivity (Wildman–Crippen MR) is 106 cm³/mol. The Bertz CT molecular complexity index is 949. The number of aryl methyl sites for hydroxylation is 1. The smallest absolute Gasteiger partial charge is 0.313 e. The molecule has 0 fully saturated rings. The van der Waals surface area contributed by atoms with Crippen LogP contribution in [0.25, 0.3) is 0 Å². The van der Waals surface area contributed by atoms with Gasteiger partial charge < -0.3 is 4.84 Å². The molecule has 0 unspecified atom stereocenters. The number of carbonyl (C=O) groups excluding carboxylic acids is 2. The van der Waals surface area contributed by atoms with Gasteiger partial charge in [-0.25, -0.2) is 4.79 Å². The van der Waals surface area contributed by atoms with Gasteiger partial charge in [0.15, 0.2) is 0 Å². The number of oxime groups is 1. The second-order valence-electron chi connectivity index (χ2n) is 5.78. The molecule has 0 spiro atoms. The van der Waals surface area contributed by atoms with Crippen molar-refractivity contribution in [3.8, 4) is 0 Å². The highest BCUT2D eigenvalue weighted by Crippen LogP contribution is 2.27. The standard InChI is InChI=1S/C22H17NO3S/c1-16-7-9-18(10-8-16)22(25)26-23-15-21(24)17-11-13-20(14-12-17)27-19-5-3-2-4-6-19/h2-15H,1H3/b23-15+. The Morgan fingerprint density at radius 3 is 2.07 bits per heavy atom. The van der Waals surface area contributed by atoms with Crippen LogP contribution in [0.15, 0.2) is 93.8 Å². The maximum absolute atomic E-state index is 12.1. The van der Waals surface area contributed by atoms with E-state index in [0.717, 1.165) is 21.6 Å². The summed E-state index contributed by atoms with van der Waals surface area (Å²) in [5.74, 6) is -0.934. The molecule has 0 radical (unpaired) electrons. The quantitative estimate of drug-likeness (QED) is 0.258. The van der Waals surface area contributed by atoms with Gasteiger partial charge in [-0.1, -0.05) is 52.8 Å². The molecule has 3 aromatic rings. The number of carbonyl (C=O) groups is 2. The molecule has 3 rings (SSSR count). The molecule has 0 aliphatic heterocycles. The van der Waals surface area contributed by atoms with Gasteiger partial charge in [0, 0.05) is 15.4 Å². The van der Waals surface area contributed by atoms with Crippen LogP contribution in [0.3, 0.4) is 0 Å². The second kappa shape index (κ2) is 8.96. The lowest BCUT2D eigenvalue weighted by Gasteiger charge is -2.02. The topological polar surface area (TPSA) is 55.7 Å². The molecule has 5 heteroatoms. The van der Waals surface area contributed by atoms with Crippen molar-refractivity contribution in [1.29, 1.82) is 0 Å². The molecular weight excluding hydrogens is 358 g/mol. The molecule has 0 saturated heterocycles. The molecule has 0 amide bonds. The highest BCUT2D eigenvalue weighted by atomic mass is 32.2. The third kappa shape index (κ3) is 5.39. The molecule has 0 aromatic heterocycles. The van der Waals surface area contributed by atoms with Gasteiger partial charge in [-0.15, -0.1) is 0 Å². The van der Waals surface area contributed by atoms with E-state index in [-0.39, 0.29) is 5.78 Å². The normalized spacial score (nSPS) is 10.7. The number of Topliss-reactive ketones (excluding diaryl/α,β-unsaturated/α-hetero) is 1. The summed E-state index contributed by atoms with van der Waals surface area (Å²) < 4.78 is 0. The monoisotopic (exact) mass is 375 g/mol. The van der Waals surface area contributed by atoms with Crippen molar-refractivity contribution in [3.05, 3.63) is 95.6 Å². The summed E-state index contributed by atoms with van der Waals surface area (Å²) in [6, 6.07) is 24.1. The van der Waals surface area contributed by atoms with Crippen molar-refractivity contribution < 1.29 is 14.4 Å². The average Bonchev–Trinajstić information content (AvgIpc) is 2.69. The predicted octanol–water partition coefficient (Wildman–Crippen LogP) is 5.17. The van der Waals surface area contributed by atoms with E-state index in [9.17, 15) is 9.59 Å². The molecule has 4 nitrogen and oxygen atoms in total. The fourth-order valence-corrected chi connectivity index (χ4v) is 3.09. The zero-order chi connectivity index (χ0) is 19.1. The maximum atomic E-state index is 12.1. The molecule has 0 bridgehead atoms. The summed E-state index contributed by atoms with van der Waals surface area (Å²) >= 11 is 1.61. The third-order valence-corrected chi connectivity index (χ3v) is 4.73. The van der Waals surface area contributed by atoms with Crippen LogP contribution >= 0.6 is 11.8 Å². The molecule has 0 heterocycles. The zero-order valence-corrected chi connectivity index (χ0v) is 15.5. The summed E-state index contributed by atoms with van der Waals surface area (Å²) in [4.78, 5) is 30.9. The lowest BCUT2D eigenvalue weighted by molar-refractivity contribution is 0.0518. The SMILES string of the molecule is Cc1ccc(C(=O)O/N=C/C(=O)c2ccc(Sc3ccccc3)cc2)cc1. The molecule has 0 aliphatic rings. The lowest BCUT2D eigenvalue weighted by Crippen LogP contribution is -2.04. The summed E-state index contributed by atoms with van der Waals surface area (Å²) in [6.45, 7) is 1.93. The maximum Gasteiger partial charge on any atom is 0.365 e. The first-order valence-electron chi connectivity index (χ1n) is 8.30. The first-order valence-corrected chi connectivity index (χ1v) is 9.12. The van der Waals surface area contributed by atoms with Crippen molar-refractivity contribution in [2.45, 2.75) is 16.7 Å². The number of ketones is 1. The van der Waals surface area contributed by atoms with Gasteiger partial charge in [0.1, 0.15) is 6.21 Å². The minimum absolute atomic E-state index is 0.331. The van der Waals surface area contributed by atoms with Gasteiger partial charge in [0.05, 0.1) is 5.56 Å². The van der Waals surface area contributed by atoms with Crippen LogP contribution in [0, 0.1) is 6.92 Å². The van der Waals surface area contributed by atoms with Gasteiger partial charge in [-0.05, 0) is 55.5 Å². The van der Waals surface area contributed by atoms with Crippen LogP contribution in [0.5, 0.6) is 0 Å². The Morgan fingerprint density at radius 2 is 1.41 bits per heavy atom. The van der Waals surface area contributed by atoms with Crippen LogP contribution in [0.2, 0.25) is 0 Å². The van der Waals surface area contributed by atoms with E-state index in [2.05, 4.69) is 5.16 Å².